The number of fused-ring (bicyclic) bond motifs is 1. The van der Waals surface area contributed by atoms with Crippen LogP contribution in [-0.2, 0) is 0 Å². The van der Waals surface area contributed by atoms with Gasteiger partial charge in [-0.25, -0.2) is 0 Å². The summed E-state index contributed by atoms with van der Waals surface area (Å²) in [6, 6.07) is 10.7. The molecule has 0 saturated heterocycles. The second kappa shape index (κ2) is 6.69. The first-order chi connectivity index (χ1) is 11.1. The number of para-hydroxylation sites is 1. The lowest BCUT2D eigenvalue weighted by Gasteiger charge is -2.26. The molecule has 0 spiro atoms. The molecule has 0 aliphatic carbocycles. The van der Waals surface area contributed by atoms with Crippen molar-refractivity contribution in [2.45, 2.75) is 12.5 Å². The minimum atomic E-state index is -0.238. The van der Waals surface area contributed by atoms with E-state index in [9.17, 15) is 4.79 Å². The highest BCUT2D eigenvalue weighted by Gasteiger charge is 2.23. The molecule has 120 valence electrons. The van der Waals surface area contributed by atoms with Gasteiger partial charge in [-0.3, -0.25) is 4.79 Å². The third-order valence-corrected chi connectivity index (χ3v) is 4.29. The molecular formula is C17H15Cl2NO3. The van der Waals surface area contributed by atoms with E-state index in [1.807, 2.05) is 24.3 Å². The molecule has 2 aromatic rings. The van der Waals surface area contributed by atoms with Crippen molar-refractivity contribution in [2.75, 3.05) is 13.7 Å². The van der Waals surface area contributed by atoms with Gasteiger partial charge in [-0.15, -0.1) is 0 Å². The second-order valence-electron chi connectivity index (χ2n) is 5.17. The fraction of sp³-hybridized carbons (Fsp3) is 0.235. The van der Waals surface area contributed by atoms with Crippen LogP contribution in [0.1, 0.15) is 28.4 Å². The van der Waals surface area contributed by atoms with Crippen molar-refractivity contribution < 1.29 is 14.3 Å². The van der Waals surface area contributed by atoms with E-state index in [2.05, 4.69) is 5.32 Å². The summed E-state index contributed by atoms with van der Waals surface area (Å²) in [5.41, 5.74) is 1.36. The number of hydrogen-bond donors (Lipinski definition) is 1. The summed E-state index contributed by atoms with van der Waals surface area (Å²) in [5, 5.41) is 3.61. The van der Waals surface area contributed by atoms with E-state index in [0.717, 1.165) is 11.3 Å². The zero-order valence-corrected chi connectivity index (χ0v) is 13.9. The molecule has 1 amide bonds. The number of ether oxygens (including phenoxy) is 2. The number of halogens is 2. The van der Waals surface area contributed by atoms with Gasteiger partial charge in [0.15, 0.2) is 5.75 Å². The first-order valence-corrected chi connectivity index (χ1v) is 7.91. The first kappa shape index (κ1) is 16.0. The summed E-state index contributed by atoms with van der Waals surface area (Å²) >= 11 is 12.2. The lowest BCUT2D eigenvalue weighted by molar-refractivity contribution is 0.0925. The fourth-order valence-electron chi connectivity index (χ4n) is 2.62. The highest BCUT2D eigenvalue weighted by Crippen LogP contribution is 2.35. The third kappa shape index (κ3) is 3.23. The number of carbonyl (C=O) groups excluding carboxylic acids is 1. The summed E-state index contributed by atoms with van der Waals surface area (Å²) in [6.45, 7) is 0.562. The van der Waals surface area contributed by atoms with E-state index < -0.39 is 0 Å². The van der Waals surface area contributed by atoms with Gasteiger partial charge in [0.1, 0.15) is 5.75 Å². The van der Waals surface area contributed by atoms with Crippen molar-refractivity contribution in [1.29, 1.82) is 0 Å². The van der Waals surface area contributed by atoms with Gasteiger partial charge in [0.05, 0.1) is 29.8 Å². The lowest BCUT2D eigenvalue weighted by Crippen LogP contribution is -2.32. The summed E-state index contributed by atoms with van der Waals surface area (Å²) in [6.07, 6.45) is 0.709. The molecule has 1 N–H and O–H groups in total. The number of carbonyl (C=O) groups is 1. The molecule has 1 aliphatic heterocycles. The Morgan fingerprint density at radius 1 is 1.26 bits per heavy atom. The molecule has 23 heavy (non-hydrogen) atoms. The molecule has 2 aromatic carbocycles. The van der Waals surface area contributed by atoms with Crippen molar-refractivity contribution >= 4 is 29.1 Å². The minimum Gasteiger partial charge on any atom is -0.494 e. The number of hydrogen-bond acceptors (Lipinski definition) is 3. The molecule has 6 heteroatoms. The Hall–Kier alpha value is -1.91. The maximum atomic E-state index is 12.5. The fourth-order valence-corrected chi connectivity index (χ4v) is 3.26. The van der Waals surface area contributed by atoms with Crippen LogP contribution in [0.3, 0.4) is 0 Å². The predicted molar refractivity (Wildman–Crippen MR) is 89.8 cm³/mol. The van der Waals surface area contributed by atoms with Crippen LogP contribution < -0.4 is 14.8 Å². The Morgan fingerprint density at radius 3 is 2.65 bits per heavy atom. The SMILES string of the molecule is COc1c(Cl)cc(C(=O)N[C@@H]2CCOc3ccccc32)cc1Cl. The zero-order chi connectivity index (χ0) is 16.4. The van der Waals surface area contributed by atoms with Gasteiger partial charge >= 0.3 is 0 Å². The minimum absolute atomic E-state index is 0.105. The molecule has 0 fully saturated rings. The monoisotopic (exact) mass is 351 g/mol. The van der Waals surface area contributed by atoms with E-state index in [0.29, 0.717) is 34.4 Å². The van der Waals surface area contributed by atoms with Crippen molar-refractivity contribution in [1.82, 2.24) is 5.32 Å². The number of benzene rings is 2. The molecule has 1 aliphatic rings. The van der Waals surface area contributed by atoms with Crippen molar-refractivity contribution in [3.8, 4) is 11.5 Å². The van der Waals surface area contributed by atoms with Crippen LogP contribution >= 0.6 is 23.2 Å². The predicted octanol–water partition coefficient (Wildman–Crippen LogP) is 4.26. The molecular weight excluding hydrogens is 337 g/mol. The lowest BCUT2D eigenvalue weighted by atomic mass is 10.00. The Morgan fingerprint density at radius 2 is 1.96 bits per heavy atom. The van der Waals surface area contributed by atoms with Crippen LogP contribution in [-0.4, -0.2) is 19.6 Å². The van der Waals surface area contributed by atoms with Gasteiger partial charge in [-0.1, -0.05) is 41.4 Å². The molecule has 3 rings (SSSR count). The van der Waals surface area contributed by atoms with Crippen LogP contribution in [0.25, 0.3) is 0 Å². The topological polar surface area (TPSA) is 47.6 Å². The van der Waals surface area contributed by atoms with Gasteiger partial charge < -0.3 is 14.8 Å². The van der Waals surface area contributed by atoms with Gasteiger partial charge in [-0.2, -0.15) is 0 Å². The molecule has 0 unspecified atom stereocenters. The summed E-state index contributed by atoms with van der Waals surface area (Å²) in [4.78, 5) is 12.5. The summed E-state index contributed by atoms with van der Waals surface area (Å²) < 4.78 is 10.7. The standard InChI is InChI=1S/C17H15Cl2NO3/c1-22-16-12(18)8-10(9-13(16)19)17(21)20-14-6-7-23-15-5-3-2-4-11(14)15/h2-5,8-9,14H,6-7H2,1H3,(H,20,21)/t14-/m1/s1. The molecule has 1 heterocycles. The maximum absolute atomic E-state index is 12.5. The van der Waals surface area contributed by atoms with E-state index in [4.69, 9.17) is 32.7 Å². The van der Waals surface area contributed by atoms with Crippen LogP contribution in [0.4, 0.5) is 0 Å². The Kier molecular flexibility index (Phi) is 4.64. The largest absolute Gasteiger partial charge is 0.494 e. The average molecular weight is 352 g/mol. The van der Waals surface area contributed by atoms with Gasteiger partial charge in [0.2, 0.25) is 0 Å². The second-order valence-corrected chi connectivity index (χ2v) is 5.99. The number of amides is 1. The molecule has 0 bridgehead atoms. The highest BCUT2D eigenvalue weighted by molar-refractivity contribution is 6.37. The van der Waals surface area contributed by atoms with Crippen molar-refractivity contribution in [3.05, 3.63) is 57.6 Å². The normalized spacial score (nSPS) is 16.2. The van der Waals surface area contributed by atoms with E-state index in [1.54, 1.807) is 12.1 Å². The van der Waals surface area contributed by atoms with Crippen molar-refractivity contribution in [3.63, 3.8) is 0 Å². The summed E-state index contributed by atoms with van der Waals surface area (Å²) in [7, 11) is 1.48. The molecule has 0 aromatic heterocycles. The van der Waals surface area contributed by atoms with E-state index in [-0.39, 0.29) is 11.9 Å². The third-order valence-electron chi connectivity index (χ3n) is 3.73. The Balaban J connectivity index is 1.83. The number of rotatable bonds is 3. The Bertz CT molecular complexity index is 725. The average Bonchev–Trinajstić information content (AvgIpc) is 2.55. The van der Waals surface area contributed by atoms with Crippen LogP contribution in [0.5, 0.6) is 11.5 Å². The molecule has 0 radical (unpaired) electrons. The van der Waals surface area contributed by atoms with Gasteiger partial charge in [-0.05, 0) is 18.2 Å². The number of methoxy groups -OCH3 is 1. The number of nitrogens with one attached hydrogen (secondary N) is 1. The Labute approximate surface area is 144 Å². The zero-order valence-electron chi connectivity index (χ0n) is 12.4. The van der Waals surface area contributed by atoms with E-state index in [1.165, 1.54) is 7.11 Å². The van der Waals surface area contributed by atoms with Gasteiger partial charge in [0, 0.05) is 17.5 Å². The summed E-state index contributed by atoms with van der Waals surface area (Å²) in [5.74, 6) is 0.925. The van der Waals surface area contributed by atoms with Crippen LogP contribution in [0.2, 0.25) is 10.0 Å². The smallest absolute Gasteiger partial charge is 0.251 e. The highest BCUT2D eigenvalue weighted by atomic mass is 35.5. The molecule has 4 nitrogen and oxygen atoms in total. The molecule has 0 saturated carbocycles. The van der Waals surface area contributed by atoms with E-state index >= 15 is 0 Å². The quantitative estimate of drug-likeness (QED) is 0.898. The van der Waals surface area contributed by atoms with Gasteiger partial charge in [0.25, 0.3) is 5.91 Å². The van der Waals surface area contributed by atoms with Crippen LogP contribution in [0, 0.1) is 0 Å². The van der Waals surface area contributed by atoms with Crippen molar-refractivity contribution in [2.24, 2.45) is 0 Å². The maximum Gasteiger partial charge on any atom is 0.251 e. The van der Waals surface area contributed by atoms with Crippen LogP contribution in [0.15, 0.2) is 36.4 Å². The molecule has 1 atom stereocenters. The first-order valence-electron chi connectivity index (χ1n) is 7.15.